The number of benzene rings is 2. The summed E-state index contributed by atoms with van der Waals surface area (Å²) in [6.07, 6.45) is 0. The average molecular weight is 431 g/mol. The second-order valence-electron chi connectivity index (χ2n) is 7.00. The Kier molecular flexibility index (Phi) is 5.41. The summed E-state index contributed by atoms with van der Waals surface area (Å²) in [7, 11) is -2.07. The van der Waals surface area contributed by atoms with Crippen LogP contribution in [0.25, 0.3) is 11.0 Å². The van der Waals surface area contributed by atoms with Gasteiger partial charge in [0.15, 0.2) is 0 Å². The number of hydrogen-bond donors (Lipinski definition) is 1. The van der Waals surface area contributed by atoms with Gasteiger partial charge in [-0.1, -0.05) is 0 Å². The Morgan fingerprint density at radius 2 is 1.83 bits per heavy atom. The number of nitrogens with one attached hydrogen (secondary N) is 1. The number of fused-ring (bicyclic) bond motifs is 1. The molecule has 2 heterocycles. The van der Waals surface area contributed by atoms with Gasteiger partial charge in [-0.3, -0.25) is 15.0 Å². The van der Waals surface area contributed by atoms with E-state index in [-0.39, 0.29) is 10.6 Å². The molecule has 0 saturated carbocycles. The van der Waals surface area contributed by atoms with Gasteiger partial charge in [-0.25, -0.2) is 13.4 Å². The van der Waals surface area contributed by atoms with E-state index in [1.165, 1.54) is 28.6 Å². The molecule has 1 aliphatic heterocycles. The lowest BCUT2D eigenvalue weighted by molar-refractivity contribution is -0.384. The molecule has 0 radical (unpaired) electrons. The largest absolute Gasteiger partial charge is 0.497 e. The van der Waals surface area contributed by atoms with Crippen molar-refractivity contribution in [2.24, 2.45) is 0 Å². The lowest BCUT2D eigenvalue weighted by Crippen LogP contribution is -2.48. The van der Waals surface area contributed by atoms with Crippen molar-refractivity contribution >= 4 is 26.7 Å². The molecule has 158 valence electrons. The lowest BCUT2D eigenvalue weighted by Gasteiger charge is -2.33. The summed E-state index contributed by atoms with van der Waals surface area (Å²) in [5.74, 6) is 1.56. The number of methoxy groups -OCH3 is 1. The van der Waals surface area contributed by atoms with Crippen molar-refractivity contribution < 1.29 is 18.1 Å². The molecular weight excluding hydrogens is 410 g/mol. The zero-order chi connectivity index (χ0) is 21.3. The van der Waals surface area contributed by atoms with E-state index in [1.807, 2.05) is 18.2 Å². The maximum absolute atomic E-state index is 12.8. The summed E-state index contributed by atoms with van der Waals surface area (Å²) in [5.41, 5.74) is 1.61. The molecule has 10 nitrogen and oxygen atoms in total. The number of nitro benzene ring substituents is 1. The van der Waals surface area contributed by atoms with Crippen LogP contribution in [0.15, 0.2) is 47.4 Å². The topological polar surface area (TPSA) is 122 Å². The van der Waals surface area contributed by atoms with Crippen LogP contribution in [0.1, 0.15) is 5.82 Å². The van der Waals surface area contributed by atoms with Gasteiger partial charge in [0.05, 0.1) is 34.5 Å². The average Bonchev–Trinajstić information content (AvgIpc) is 3.15. The number of nitrogens with zero attached hydrogens (tertiary/aromatic N) is 4. The van der Waals surface area contributed by atoms with E-state index in [4.69, 9.17) is 4.74 Å². The minimum atomic E-state index is -3.68. The highest BCUT2D eigenvalue weighted by atomic mass is 32.2. The summed E-state index contributed by atoms with van der Waals surface area (Å²) in [6.45, 7) is 2.39. The minimum absolute atomic E-state index is 0.0628. The van der Waals surface area contributed by atoms with Crippen LogP contribution >= 0.6 is 0 Å². The first kappa shape index (κ1) is 20.3. The molecule has 0 bridgehead atoms. The molecule has 3 aromatic rings. The smallest absolute Gasteiger partial charge is 0.269 e. The Balaban J connectivity index is 1.40. The van der Waals surface area contributed by atoms with Gasteiger partial charge in [-0.15, -0.1) is 0 Å². The fourth-order valence-electron chi connectivity index (χ4n) is 3.47. The third-order valence-electron chi connectivity index (χ3n) is 5.13. The van der Waals surface area contributed by atoms with Crippen molar-refractivity contribution in [3.8, 4) is 5.75 Å². The van der Waals surface area contributed by atoms with Crippen LogP contribution in [0.4, 0.5) is 5.69 Å². The summed E-state index contributed by atoms with van der Waals surface area (Å²) in [6, 6.07) is 10.6. The van der Waals surface area contributed by atoms with E-state index < -0.39 is 14.9 Å². The molecule has 1 N–H and O–H groups in total. The molecule has 0 amide bonds. The van der Waals surface area contributed by atoms with E-state index in [9.17, 15) is 18.5 Å². The number of nitro groups is 1. The second kappa shape index (κ2) is 8.01. The molecule has 0 aliphatic carbocycles. The zero-order valence-corrected chi connectivity index (χ0v) is 17.1. The summed E-state index contributed by atoms with van der Waals surface area (Å²) < 4.78 is 32.3. The van der Waals surface area contributed by atoms with Gasteiger partial charge in [0, 0.05) is 44.4 Å². The Labute approximate surface area is 173 Å². The number of H-pyrrole nitrogens is 1. The molecule has 4 rings (SSSR count). The number of imidazole rings is 1. The first-order valence-electron chi connectivity index (χ1n) is 9.36. The molecular formula is C19H21N5O5S. The number of rotatable bonds is 6. The molecule has 30 heavy (non-hydrogen) atoms. The number of piperazine rings is 1. The highest BCUT2D eigenvalue weighted by Gasteiger charge is 2.29. The van der Waals surface area contributed by atoms with Crippen molar-refractivity contribution in [3.05, 3.63) is 58.4 Å². The van der Waals surface area contributed by atoms with Crippen LogP contribution in [-0.4, -0.2) is 65.8 Å². The van der Waals surface area contributed by atoms with Crippen LogP contribution in [0.5, 0.6) is 5.75 Å². The summed E-state index contributed by atoms with van der Waals surface area (Å²) >= 11 is 0. The van der Waals surface area contributed by atoms with E-state index >= 15 is 0 Å². The number of non-ortho nitro benzene ring substituents is 1. The third-order valence-corrected chi connectivity index (χ3v) is 7.04. The van der Waals surface area contributed by atoms with Gasteiger partial charge in [-0.05, 0) is 24.3 Å². The predicted molar refractivity (Wildman–Crippen MR) is 110 cm³/mol. The third kappa shape index (κ3) is 3.99. The first-order valence-corrected chi connectivity index (χ1v) is 10.8. The summed E-state index contributed by atoms with van der Waals surface area (Å²) in [4.78, 5) is 20.3. The minimum Gasteiger partial charge on any atom is -0.497 e. The molecule has 1 aromatic heterocycles. The quantitative estimate of drug-likeness (QED) is 0.468. The van der Waals surface area contributed by atoms with E-state index in [0.717, 1.165) is 22.6 Å². The SMILES string of the molecule is COc1ccc2nc(CN3CCN(S(=O)(=O)c4ccc([N+](=O)[O-])cc4)CC3)[nH]c2c1. The highest BCUT2D eigenvalue weighted by molar-refractivity contribution is 7.89. The molecule has 1 aliphatic rings. The Bertz CT molecular complexity index is 1170. The van der Waals surface area contributed by atoms with Crippen LogP contribution in [-0.2, 0) is 16.6 Å². The van der Waals surface area contributed by atoms with Crippen molar-refractivity contribution in [3.63, 3.8) is 0 Å². The van der Waals surface area contributed by atoms with Crippen LogP contribution in [0, 0.1) is 10.1 Å². The molecule has 2 aromatic carbocycles. The fourth-order valence-corrected chi connectivity index (χ4v) is 4.89. The van der Waals surface area contributed by atoms with Crippen LogP contribution in [0.3, 0.4) is 0 Å². The van der Waals surface area contributed by atoms with Gasteiger partial charge in [-0.2, -0.15) is 4.31 Å². The van der Waals surface area contributed by atoms with Gasteiger partial charge >= 0.3 is 0 Å². The Hall–Kier alpha value is -3.02. The van der Waals surface area contributed by atoms with Crippen molar-refractivity contribution in [2.45, 2.75) is 11.4 Å². The first-order chi connectivity index (χ1) is 14.4. The standard InChI is InChI=1S/C19H21N5O5S/c1-29-15-4-7-17-18(12-15)21-19(20-17)13-22-8-10-23(11-9-22)30(27,28)16-5-2-14(3-6-16)24(25)26/h2-7,12H,8-11,13H2,1H3,(H,20,21). The number of sulfonamides is 1. The Morgan fingerprint density at radius 3 is 2.47 bits per heavy atom. The van der Waals surface area contributed by atoms with Gasteiger partial charge in [0.2, 0.25) is 10.0 Å². The molecule has 11 heteroatoms. The number of hydrogen-bond acceptors (Lipinski definition) is 7. The summed E-state index contributed by atoms with van der Waals surface area (Å²) in [5, 5.41) is 10.8. The van der Waals surface area contributed by atoms with E-state index in [1.54, 1.807) is 7.11 Å². The van der Waals surface area contributed by atoms with Crippen LogP contribution < -0.4 is 4.74 Å². The zero-order valence-electron chi connectivity index (χ0n) is 16.3. The lowest BCUT2D eigenvalue weighted by atomic mass is 10.3. The van der Waals surface area contributed by atoms with E-state index in [0.29, 0.717) is 32.7 Å². The maximum atomic E-state index is 12.8. The second-order valence-corrected chi connectivity index (χ2v) is 8.94. The van der Waals surface area contributed by atoms with Crippen molar-refractivity contribution in [1.29, 1.82) is 0 Å². The highest BCUT2D eigenvalue weighted by Crippen LogP contribution is 2.22. The number of ether oxygens (including phenoxy) is 1. The monoisotopic (exact) mass is 431 g/mol. The molecule has 1 fully saturated rings. The van der Waals surface area contributed by atoms with Gasteiger partial charge < -0.3 is 9.72 Å². The fraction of sp³-hybridized carbons (Fsp3) is 0.316. The molecule has 0 spiro atoms. The molecule has 1 saturated heterocycles. The number of aromatic nitrogens is 2. The van der Waals surface area contributed by atoms with E-state index in [2.05, 4.69) is 14.9 Å². The molecule has 0 atom stereocenters. The maximum Gasteiger partial charge on any atom is 0.269 e. The Morgan fingerprint density at radius 1 is 1.13 bits per heavy atom. The van der Waals surface area contributed by atoms with Crippen molar-refractivity contribution in [1.82, 2.24) is 19.2 Å². The van der Waals surface area contributed by atoms with Gasteiger partial charge in [0.25, 0.3) is 5.69 Å². The molecule has 0 unspecified atom stereocenters. The van der Waals surface area contributed by atoms with Crippen molar-refractivity contribution in [2.75, 3.05) is 33.3 Å². The normalized spacial score (nSPS) is 16.0. The number of aromatic amines is 1. The van der Waals surface area contributed by atoms with Gasteiger partial charge in [0.1, 0.15) is 11.6 Å². The predicted octanol–water partition coefficient (Wildman–Crippen LogP) is 1.99. The van der Waals surface area contributed by atoms with Crippen LogP contribution in [0.2, 0.25) is 0 Å².